The van der Waals surface area contributed by atoms with Crippen molar-refractivity contribution < 1.29 is 29.2 Å². The van der Waals surface area contributed by atoms with Crippen LogP contribution in [-0.4, -0.2) is 52.5 Å². The molecule has 6 heteroatoms. The highest BCUT2D eigenvalue weighted by Crippen LogP contribution is 2.41. The Hall–Kier alpha value is -0.690. The van der Waals surface area contributed by atoms with E-state index in [1.807, 2.05) is 0 Å². The number of esters is 1. The molecule has 1 aliphatic carbocycles. The molecule has 0 radical (unpaired) electrons. The summed E-state index contributed by atoms with van der Waals surface area (Å²) in [7, 11) is 0. The number of aliphatic hydroxyl groups excluding tert-OH is 1. The Balaban J connectivity index is 2.14. The van der Waals surface area contributed by atoms with Gasteiger partial charge >= 0.3 is 5.97 Å². The predicted octanol–water partition coefficient (Wildman–Crippen LogP) is -0.0446. The van der Waals surface area contributed by atoms with Crippen molar-refractivity contribution in [2.24, 2.45) is 0 Å². The van der Waals surface area contributed by atoms with E-state index in [1.165, 1.54) is 0 Å². The normalized spacial score (nSPS) is 42.4. The molecule has 2 aliphatic rings. The molecular formula is C12H20O6. The maximum absolute atomic E-state index is 11.7. The number of carbonyl (C=O) groups is 1. The highest BCUT2D eigenvalue weighted by atomic mass is 16.8. The summed E-state index contributed by atoms with van der Waals surface area (Å²) in [4.78, 5) is 11.7. The second-order valence-electron chi connectivity index (χ2n) is 5.37. The summed E-state index contributed by atoms with van der Waals surface area (Å²) in [5, 5.41) is 20.3. The Bertz CT molecular complexity index is 341. The van der Waals surface area contributed by atoms with Crippen LogP contribution in [0.2, 0.25) is 0 Å². The van der Waals surface area contributed by atoms with Crippen molar-refractivity contribution in [3.05, 3.63) is 0 Å². The van der Waals surface area contributed by atoms with Crippen LogP contribution >= 0.6 is 0 Å². The minimum absolute atomic E-state index is 0.0803. The van der Waals surface area contributed by atoms with Gasteiger partial charge < -0.3 is 24.4 Å². The standard InChI is InChI=1S/C12H20O6/c1-4-16-10(14)12(15)5-7(13)9-8(6-12)17-11(2,3)18-9/h7-9,13,15H,4-6H2,1-3H3/t7-,8-,9+,12-/m1/s1. The smallest absolute Gasteiger partial charge is 0.338 e. The number of hydrogen-bond donors (Lipinski definition) is 2. The monoisotopic (exact) mass is 260 g/mol. The first-order chi connectivity index (χ1) is 8.27. The fourth-order valence-electron chi connectivity index (χ4n) is 2.66. The zero-order valence-electron chi connectivity index (χ0n) is 10.9. The third-order valence-corrected chi connectivity index (χ3v) is 3.34. The van der Waals surface area contributed by atoms with Gasteiger partial charge in [-0.2, -0.15) is 0 Å². The Morgan fingerprint density at radius 3 is 2.67 bits per heavy atom. The molecule has 2 N–H and O–H groups in total. The molecule has 2 fully saturated rings. The molecule has 104 valence electrons. The average Bonchev–Trinajstić information content (AvgIpc) is 2.53. The van der Waals surface area contributed by atoms with Crippen molar-refractivity contribution in [2.45, 2.75) is 63.3 Å². The van der Waals surface area contributed by atoms with Crippen molar-refractivity contribution in [3.8, 4) is 0 Å². The Morgan fingerprint density at radius 1 is 1.39 bits per heavy atom. The Labute approximate surface area is 106 Å². The summed E-state index contributed by atoms with van der Waals surface area (Å²) >= 11 is 0. The molecule has 0 amide bonds. The van der Waals surface area contributed by atoms with Crippen molar-refractivity contribution in [2.75, 3.05) is 6.61 Å². The molecule has 18 heavy (non-hydrogen) atoms. The molecule has 0 bridgehead atoms. The zero-order chi connectivity index (χ0) is 13.6. The lowest BCUT2D eigenvalue weighted by Gasteiger charge is -2.37. The first-order valence-electron chi connectivity index (χ1n) is 6.21. The van der Waals surface area contributed by atoms with Crippen LogP contribution in [-0.2, 0) is 19.0 Å². The minimum Gasteiger partial charge on any atom is -0.464 e. The van der Waals surface area contributed by atoms with E-state index in [0.717, 1.165) is 0 Å². The van der Waals surface area contributed by atoms with Crippen LogP contribution in [0.25, 0.3) is 0 Å². The molecule has 0 aromatic rings. The number of ether oxygens (including phenoxy) is 3. The van der Waals surface area contributed by atoms with Crippen LogP contribution in [0.5, 0.6) is 0 Å². The van der Waals surface area contributed by atoms with Crippen molar-refractivity contribution in [3.63, 3.8) is 0 Å². The van der Waals surface area contributed by atoms with Crippen LogP contribution in [0.15, 0.2) is 0 Å². The first-order valence-corrected chi connectivity index (χ1v) is 6.21. The molecule has 0 unspecified atom stereocenters. The van der Waals surface area contributed by atoms with Gasteiger partial charge in [0.1, 0.15) is 6.10 Å². The van der Waals surface area contributed by atoms with Crippen molar-refractivity contribution >= 4 is 5.97 Å². The topological polar surface area (TPSA) is 85.2 Å². The molecule has 1 saturated heterocycles. The van der Waals surface area contributed by atoms with Gasteiger partial charge in [0.15, 0.2) is 11.4 Å². The van der Waals surface area contributed by atoms with Gasteiger partial charge in [-0.05, 0) is 20.8 Å². The van der Waals surface area contributed by atoms with Crippen LogP contribution in [0.4, 0.5) is 0 Å². The van der Waals surface area contributed by atoms with Gasteiger partial charge in [0.05, 0.1) is 18.8 Å². The van der Waals surface area contributed by atoms with E-state index in [2.05, 4.69) is 0 Å². The zero-order valence-corrected chi connectivity index (χ0v) is 10.9. The summed E-state index contributed by atoms with van der Waals surface area (Å²) in [6, 6.07) is 0. The summed E-state index contributed by atoms with van der Waals surface area (Å²) in [5.74, 6) is -1.52. The number of carbonyl (C=O) groups excluding carboxylic acids is 1. The predicted molar refractivity (Wildman–Crippen MR) is 60.6 cm³/mol. The lowest BCUT2D eigenvalue weighted by Crippen LogP contribution is -2.55. The molecule has 0 aromatic carbocycles. The largest absolute Gasteiger partial charge is 0.464 e. The third kappa shape index (κ3) is 2.38. The lowest BCUT2D eigenvalue weighted by molar-refractivity contribution is -0.181. The Kier molecular flexibility index (Phi) is 3.40. The summed E-state index contributed by atoms with van der Waals surface area (Å²) in [6.07, 6.45) is -1.96. The molecule has 0 spiro atoms. The summed E-state index contributed by atoms with van der Waals surface area (Å²) in [6.45, 7) is 5.33. The van der Waals surface area contributed by atoms with Gasteiger partial charge in [-0.15, -0.1) is 0 Å². The molecule has 1 saturated carbocycles. The molecule has 6 nitrogen and oxygen atoms in total. The van der Waals surface area contributed by atoms with E-state index in [9.17, 15) is 15.0 Å². The van der Waals surface area contributed by atoms with Crippen LogP contribution < -0.4 is 0 Å². The third-order valence-electron chi connectivity index (χ3n) is 3.34. The average molecular weight is 260 g/mol. The molecule has 1 heterocycles. The molecular weight excluding hydrogens is 240 g/mol. The Morgan fingerprint density at radius 2 is 2.06 bits per heavy atom. The van der Waals surface area contributed by atoms with Gasteiger partial charge in [0.25, 0.3) is 0 Å². The fraction of sp³-hybridized carbons (Fsp3) is 0.917. The van der Waals surface area contributed by atoms with Gasteiger partial charge in [0, 0.05) is 12.8 Å². The first kappa shape index (κ1) is 13.7. The van der Waals surface area contributed by atoms with Crippen molar-refractivity contribution in [1.82, 2.24) is 0 Å². The van der Waals surface area contributed by atoms with Crippen LogP contribution in [0.3, 0.4) is 0 Å². The second kappa shape index (κ2) is 4.45. The lowest BCUT2D eigenvalue weighted by atomic mass is 9.80. The number of fused-ring (bicyclic) bond motifs is 1. The molecule has 4 atom stereocenters. The molecule has 2 rings (SSSR count). The van der Waals surface area contributed by atoms with E-state index in [0.29, 0.717) is 0 Å². The quantitative estimate of drug-likeness (QED) is 0.677. The second-order valence-corrected chi connectivity index (χ2v) is 5.37. The number of hydrogen-bond acceptors (Lipinski definition) is 6. The molecule has 0 aromatic heterocycles. The van der Waals surface area contributed by atoms with Gasteiger partial charge in [-0.3, -0.25) is 0 Å². The molecule has 1 aliphatic heterocycles. The van der Waals surface area contributed by atoms with Gasteiger partial charge in [-0.1, -0.05) is 0 Å². The van der Waals surface area contributed by atoms with Crippen LogP contribution in [0.1, 0.15) is 33.6 Å². The summed E-state index contributed by atoms with van der Waals surface area (Å²) < 4.78 is 16.0. The maximum atomic E-state index is 11.7. The van der Waals surface area contributed by atoms with Crippen molar-refractivity contribution in [1.29, 1.82) is 0 Å². The van der Waals surface area contributed by atoms with E-state index in [4.69, 9.17) is 14.2 Å². The highest BCUT2D eigenvalue weighted by Gasteiger charge is 2.56. The van der Waals surface area contributed by atoms with Gasteiger partial charge in [-0.25, -0.2) is 4.79 Å². The fourth-order valence-corrected chi connectivity index (χ4v) is 2.66. The van der Waals surface area contributed by atoms with E-state index in [-0.39, 0.29) is 19.4 Å². The van der Waals surface area contributed by atoms with E-state index < -0.39 is 35.7 Å². The SMILES string of the molecule is CCOC(=O)[C@@]1(O)C[C@@H](O)[C@@H]2OC(C)(C)O[C@@H]2C1. The highest BCUT2D eigenvalue weighted by molar-refractivity contribution is 5.79. The van der Waals surface area contributed by atoms with E-state index >= 15 is 0 Å². The maximum Gasteiger partial charge on any atom is 0.338 e. The summed E-state index contributed by atoms with van der Waals surface area (Å²) in [5.41, 5.74) is -1.69. The number of aliphatic hydroxyl groups is 2. The van der Waals surface area contributed by atoms with Crippen LogP contribution in [0, 0.1) is 0 Å². The van der Waals surface area contributed by atoms with Gasteiger partial charge in [0.2, 0.25) is 0 Å². The minimum atomic E-state index is -1.69. The number of rotatable bonds is 2. The van der Waals surface area contributed by atoms with E-state index in [1.54, 1.807) is 20.8 Å².